The van der Waals surface area contributed by atoms with Gasteiger partial charge in [0.1, 0.15) is 5.60 Å². The lowest BCUT2D eigenvalue weighted by atomic mass is 9.62. The number of carbonyl (C=O) groups excluding carboxylic acids is 1. The molecular formula is C17H22F2O4. The summed E-state index contributed by atoms with van der Waals surface area (Å²) in [4.78, 5) is 22.7. The molecule has 0 amide bonds. The fourth-order valence-corrected chi connectivity index (χ4v) is 2.95. The maximum Gasteiger partial charge on any atom is 0.328 e. The van der Waals surface area contributed by atoms with Gasteiger partial charge in [0.15, 0.2) is 5.78 Å². The fourth-order valence-electron chi connectivity index (χ4n) is 2.95. The Morgan fingerprint density at radius 2 is 1.87 bits per heavy atom. The number of carboxylic acids is 1. The summed E-state index contributed by atoms with van der Waals surface area (Å²) in [6, 6.07) is 0. The van der Waals surface area contributed by atoms with Gasteiger partial charge < -0.3 is 10.2 Å². The number of aliphatic carboxylic acids is 1. The molecule has 0 fully saturated rings. The van der Waals surface area contributed by atoms with E-state index in [0.29, 0.717) is 12.5 Å². The van der Waals surface area contributed by atoms with E-state index < -0.39 is 34.3 Å². The molecule has 1 aliphatic rings. The van der Waals surface area contributed by atoms with Crippen molar-refractivity contribution in [2.24, 2.45) is 5.41 Å². The first-order valence-corrected chi connectivity index (χ1v) is 7.18. The Balaban J connectivity index is 3.50. The highest BCUT2D eigenvalue weighted by atomic mass is 19.3. The highest BCUT2D eigenvalue weighted by molar-refractivity contribution is 5.99. The first-order chi connectivity index (χ1) is 10.2. The molecule has 2 N–H and O–H groups in total. The molecule has 0 bridgehead atoms. The van der Waals surface area contributed by atoms with Crippen LogP contribution in [0.15, 0.2) is 34.9 Å². The number of allylic oxidation sites excluding steroid dienone is 3. The largest absolute Gasteiger partial charge is 0.478 e. The molecule has 0 heterocycles. The zero-order chi connectivity index (χ0) is 18.2. The Morgan fingerprint density at radius 1 is 1.35 bits per heavy atom. The van der Waals surface area contributed by atoms with Crippen LogP contribution in [0.5, 0.6) is 0 Å². The molecule has 6 heteroatoms. The maximum atomic E-state index is 13.8. The highest BCUT2D eigenvalue weighted by Gasteiger charge is 2.53. The zero-order valence-corrected chi connectivity index (χ0v) is 13.9. The Hall–Kier alpha value is -1.82. The van der Waals surface area contributed by atoms with E-state index in [2.05, 4.69) is 0 Å². The minimum absolute atomic E-state index is 0.106. The second-order valence-electron chi connectivity index (χ2n) is 6.70. The lowest BCUT2D eigenvalue weighted by molar-refractivity contribution is -0.131. The molecule has 1 atom stereocenters. The normalized spacial score (nSPS) is 26.1. The molecule has 0 saturated heterocycles. The molecule has 0 saturated carbocycles. The summed E-state index contributed by atoms with van der Waals surface area (Å²) in [5.41, 5.74) is -3.21. The zero-order valence-electron chi connectivity index (χ0n) is 13.9. The summed E-state index contributed by atoms with van der Waals surface area (Å²) >= 11 is 0. The first-order valence-electron chi connectivity index (χ1n) is 7.18. The lowest BCUT2D eigenvalue weighted by Crippen LogP contribution is -2.51. The Labute approximate surface area is 134 Å². The highest BCUT2D eigenvalue weighted by Crippen LogP contribution is 2.49. The Morgan fingerprint density at radius 3 is 2.30 bits per heavy atom. The van der Waals surface area contributed by atoms with Gasteiger partial charge in [0.25, 0.3) is 5.92 Å². The Bertz CT molecular complexity index is 621. The predicted molar refractivity (Wildman–Crippen MR) is 82.2 cm³/mol. The van der Waals surface area contributed by atoms with E-state index in [4.69, 9.17) is 5.11 Å². The van der Waals surface area contributed by atoms with Crippen LogP contribution in [0, 0.1) is 5.41 Å². The minimum atomic E-state index is -3.36. The molecule has 1 unspecified atom stereocenters. The summed E-state index contributed by atoms with van der Waals surface area (Å²) in [6.07, 6.45) is 3.36. The van der Waals surface area contributed by atoms with Crippen LogP contribution < -0.4 is 0 Å². The van der Waals surface area contributed by atoms with E-state index >= 15 is 0 Å². The van der Waals surface area contributed by atoms with Gasteiger partial charge in [-0.05, 0) is 31.1 Å². The molecule has 23 heavy (non-hydrogen) atoms. The van der Waals surface area contributed by atoms with Crippen molar-refractivity contribution in [3.63, 3.8) is 0 Å². The number of hydrogen-bond donors (Lipinski definition) is 2. The number of aliphatic hydroxyl groups is 1. The van der Waals surface area contributed by atoms with E-state index in [-0.39, 0.29) is 12.0 Å². The molecule has 1 aliphatic carbocycles. The average Bonchev–Trinajstić information content (AvgIpc) is 2.30. The van der Waals surface area contributed by atoms with Crippen molar-refractivity contribution in [3.05, 3.63) is 34.9 Å². The van der Waals surface area contributed by atoms with Crippen LogP contribution in [0.2, 0.25) is 0 Å². The summed E-state index contributed by atoms with van der Waals surface area (Å²) in [7, 11) is 0. The van der Waals surface area contributed by atoms with Crippen molar-refractivity contribution in [2.45, 2.75) is 52.6 Å². The molecule has 0 aromatic carbocycles. The van der Waals surface area contributed by atoms with Gasteiger partial charge >= 0.3 is 5.97 Å². The van der Waals surface area contributed by atoms with E-state index in [1.54, 1.807) is 13.8 Å². The molecular weight excluding hydrogens is 306 g/mol. The van der Waals surface area contributed by atoms with Crippen LogP contribution in [0.1, 0.15) is 41.0 Å². The van der Waals surface area contributed by atoms with Crippen molar-refractivity contribution in [2.75, 3.05) is 0 Å². The number of alkyl halides is 2. The van der Waals surface area contributed by atoms with Crippen molar-refractivity contribution < 1.29 is 28.6 Å². The molecule has 0 radical (unpaired) electrons. The van der Waals surface area contributed by atoms with E-state index in [1.807, 2.05) is 0 Å². The molecule has 0 aromatic rings. The van der Waals surface area contributed by atoms with Gasteiger partial charge in [-0.25, -0.2) is 13.6 Å². The first kappa shape index (κ1) is 19.2. The number of Topliss-reactive ketones (excluding diaryl/α,β-unsaturated/α-hetero) is 1. The van der Waals surface area contributed by atoms with E-state index in [1.165, 1.54) is 26.0 Å². The standard InChI is InChI=1S/C17H22F2O4/c1-10(8-13(21)22)6-7-17(23)11(2)14(16(5,18)19)12(20)9-15(17,3)4/h6-8,23H,9H2,1-5H3,(H,21,22)/b7-6+,10-8-. The SMILES string of the molecule is CC1=C(C(C)(F)F)C(=O)CC(C)(C)C1(O)/C=C/C(C)=C\C(=O)O. The lowest BCUT2D eigenvalue weighted by Gasteiger charge is -2.46. The van der Waals surface area contributed by atoms with Crippen molar-refractivity contribution in [1.82, 2.24) is 0 Å². The number of ketones is 1. The summed E-state index contributed by atoms with van der Waals surface area (Å²) in [5.74, 6) is -5.19. The number of halogens is 2. The molecule has 128 valence electrons. The predicted octanol–water partition coefficient (Wildman–Crippen LogP) is 3.28. The molecule has 4 nitrogen and oxygen atoms in total. The van der Waals surface area contributed by atoms with Crippen molar-refractivity contribution >= 4 is 11.8 Å². The topological polar surface area (TPSA) is 74.6 Å². The minimum Gasteiger partial charge on any atom is -0.478 e. The van der Waals surface area contributed by atoms with Gasteiger partial charge in [0.2, 0.25) is 0 Å². The van der Waals surface area contributed by atoms with Crippen LogP contribution in [0.4, 0.5) is 8.78 Å². The van der Waals surface area contributed by atoms with Crippen LogP contribution in [0.3, 0.4) is 0 Å². The number of carboxylic acid groups (broad SMARTS) is 1. The van der Waals surface area contributed by atoms with Gasteiger partial charge in [-0.2, -0.15) is 0 Å². The van der Waals surface area contributed by atoms with Gasteiger partial charge in [-0.15, -0.1) is 0 Å². The Kier molecular flexibility index (Phi) is 5.01. The fraction of sp³-hybridized carbons (Fsp3) is 0.529. The number of carbonyl (C=O) groups is 2. The van der Waals surface area contributed by atoms with Gasteiger partial charge in [0, 0.05) is 24.8 Å². The monoisotopic (exact) mass is 328 g/mol. The van der Waals surface area contributed by atoms with Crippen LogP contribution in [-0.2, 0) is 9.59 Å². The van der Waals surface area contributed by atoms with Gasteiger partial charge in [-0.3, -0.25) is 4.79 Å². The molecule has 0 aromatic heterocycles. The third-order valence-corrected chi connectivity index (χ3v) is 4.24. The van der Waals surface area contributed by atoms with Gasteiger partial charge in [-0.1, -0.05) is 19.9 Å². The molecule has 1 rings (SSSR count). The van der Waals surface area contributed by atoms with E-state index in [0.717, 1.165) is 6.08 Å². The molecule has 0 spiro atoms. The quantitative estimate of drug-likeness (QED) is 0.613. The van der Waals surface area contributed by atoms with Crippen LogP contribution in [0.25, 0.3) is 0 Å². The summed E-state index contributed by atoms with van der Waals surface area (Å²) in [6.45, 7) is 6.68. The third-order valence-electron chi connectivity index (χ3n) is 4.24. The maximum absolute atomic E-state index is 13.8. The third kappa shape index (κ3) is 3.75. The van der Waals surface area contributed by atoms with E-state index in [9.17, 15) is 23.5 Å². The number of hydrogen-bond acceptors (Lipinski definition) is 3. The summed E-state index contributed by atoms with van der Waals surface area (Å²) in [5, 5.41) is 19.7. The van der Waals surface area contributed by atoms with Crippen molar-refractivity contribution in [3.8, 4) is 0 Å². The van der Waals surface area contributed by atoms with Gasteiger partial charge in [0.05, 0.1) is 5.57 Å². The smallest absolute Gasteiger partial charge is 0.328 e. The second-order valence-corrected chi connectivity index (χ2v) is 6.70. The second kappa shape index (κ2) is 6.00. The number of rotatable bonds is 4. The van der Waals surface area contributed by atoms with Crippen LogP contribution in [-0.4, -0.2) is 33.5 Å². The van der Waals surface area contributed by atoms with Crippen molar-refractivity contribution in [1.29, 1.82) is 0 Å². The van der Waals surface area contributed by atoms with Crippen LogP contribution >= 0.6 is 0 Å². The molecule has 0 aliphatic heterocycles. The average molecular weight is 328 g/mol. The summed E-state index contributed by atoms with van der Waals surface area (Å²) < 4.78 is 27.5.